The van der Waals surface area contributed by atoms with Crippen molar-refractivity contribution in [1.82, 2.24) is 4.31 Å². The highest BCUT2D eigenvalue weighted by molar-refractivity contribution is 9.10. The predicted molar refractivity (Wildman–Crippen MR) is 90.4 cm³/mol. The quantitative estimate of drug-likeness (QED) is 0.764. The number of halogens is 1. The molecule has 6 heteroatoms. The molecule has 22 heavy (non-hydrogen) atoms. The third kappa shape index (κ3) is 4.09. The first-order valence-corrected chi connectivity index (χ1v) is 9.10. The van der Waals surface area contributed by atoms with E-state index in [0.717, 1.165) is 15.8 Å². The molecule has 2 aromatic rings. The SMILES string of the molecule is CCOc1ccc(CN(C)S(=O)(=O)c2cccc(Br)c2)cc1. The standard InChI is InChI=1S/C16H18BrNO3S/c1-3-21-15-9-7-13(8-10-15)12-18(2)22(19,20)16-6-4-5-14(17)11-16/h4-11H,3,12H2,1-2H3. The summed E-state index contributed by atoms with van der Waals surface area (Å²) in [6.07, 6.45) is 0. The summed E-state index contributed by atoms with van der Waals surface area (Å²) in [4.78, 5) is 0.273. The summed E-state index contributed by atoms with van der Waals surface area (Å²) in [5.74, 6) is 0.781. The van der Waals surface area contributed by atoms with Crippen LogP contribution in [0.1, 0.15) is 12.5 Å². The van der Waals surface area contributed by atoms with E-state index in [1.807, 2.05) is 31.2 Å². The molecule has 0 saturated heterocycles. The van der Waals surface area contributed by atoms with Crippen LogP contribution in [0.2, 0.25) is 0 Å². The van der Waals surface area contributed by atoms with Gasteiger partial charge in [-0.05, 0) is 42.8 Å². The van der Waals surface area contributed by atoms with E-state index in [-0.39, 0.29) is 4.90 Å². The number of benzene rings is 2. The van der Waals surface area contributed by atoms with E-state index in [1.165, 1.54) is 4.31 Å². The summed E-state index contributed by atoms with van der Waals surface area (Å²) in [6.45, 7) is 2.84. The second-order valence-corrected chi connectivity index (χ2v) is 7.76. The van der Waals surface area contributed by atoms with Crippen molar-refractivity contribution in [3.05, 3.63) is 58.6 Å². The largest absolute Gasteiger partial charge is 0.494 e. The zero-order valence-corrected chi connectivity index (χ0v) is 14.9. The minimum absolute atomic E-state index is 0.273. The molecule has 0 saturated carbocycles. The van der Waals surface area contributed by atoms with Gasteiger partial charge in [0.15, 0.2) is 0 Å². The van der Waals surface area contributed by atoms with E-state index in [0.29, 0.717) is 13.2 Å². The van der Waals surface area contributed by atoms with Gasteiger partial charge in [0.25, 0.3) is 0 Å². The number of hydrogen-bond acceptors (Lipinski definition) is 3. The fourth-order valence-electron chi connectivity index (χ4n) is 2.01. The Bertz CT molecular complexity index is 729. The van der Waals surface area contributed by atoms with E-state index in [2.05, 4.69) is 15.9 Å². The fourth-order valence-corrected chi connectivity index (χ4v) is 3.76. The molecule has 118 valence electrons. The number of nitrogens with zero attached hydrogens (tertiary/aromatic N) is 1. The Morgan fingerprint density at radius 2 is 1.82 bits per heavy atom. The first kappa shape index (κ1) is 17.0. The third-order valence-corrected chi connectivity index (χ3v) is 5.44. The minimum atomic E-state index is -3.51. The second-order valence-electron chi connectivity index (χ2n) is 4.80. The Balaban J connectivity index is 2.15. The molecule has 0 aromatic heterocycles. The molecule has 0 spiro atoms. The van der Waals surface area contributed by atoms with Gasteiger partial charge in [0.1, 0.15) is 5.75 Å². The lowest BCUT2D eigenvalue weighted by Gasteiger charge is -2.17. The maximum Gasteiger partial charge on any atom is 0.243 e. The zero-order valence-electron chi connectivity index (χ0n) is 12.5. The van der Waals surface area contributed by atoms with E-state index in [9.17, 15) is 8.42 Å². The number of hydrogen-bond donors (Lipinski definition) is 0. The Kier molecular flexibility index (Phi) is 5.61. The Hall–Kier alpha value is -1.37. The molecule has 0 radical (unpaired) electrons. The van der Waals surface area contributed by atoms with Crippen LogP contribution in [-0.4, -0.2) is 26.4 Å². The average Bonchev–Trinajstić information content (AvgIpc) is 2.49. The Labute approximate surface area is 139 Å². The number of rotatable bonds is 6. The lowest BCUT2D eigenvalue weighted by molar-refractivity contribution is 0.340. The molecule has 4 nitrogen and oxygen atoms in total. The molecule has 0 bridgehead atoms. The van der Waals surface area contributed by atoms with Crippen LogP contribution in [-0.2, 0) is 16.6 Å². The topological polar surface area (TPSA) is 46.6 Å². The number of sulfonamides is 1. The predicted octanol–water partition coefficient (Wildman–Crippen LogP) is 3.67. The molecular weight excluding hydrogens is 366 g/mol. The zero-order chi connectivity index (χ0) is 16.2. The van der Waals surface area contributed by atoms with Crippen LogP contribution in [0.3, 0.4) is 0 Å². The molecule has 0 unspecified atom stereocenters. The minimum Gasteiger partial charge on any atom is -0.494 e. The van der Waals surface area contributed by atoms with Crippen molar-refractivity contribution >= 4 is 26.0 Å². The highest BCUT2D eigenvalue weighted by Crippen LogP contribution is 2.21. The normalized spacial score (nSPS) is 11.6. The summed E-state index contributed by atoms with van der Waals surface area (Å²) >= 11 is 3.30. The van der Waals surface area contributed by atoms with E-state index >= 15 is 0 Å². The summed E-state index contributed by atoms with van der Waals surface area (Å²) in [5, 5.41) is 0. The first-order chi connectivity index (χ1) is 10.4. The van der Waals surface area contributed by atoms with Gasteiger partial charge in [0.05, 0.1) is 11.5 Å². The van der Waals surface area contributed by atoms with Gasteiger partial charge in [-0.2, -0.15) is 4.31 Å². The van der Waals surface area contributed by atoms with Gasteiger partial charge >= 0.3 is 0 Å². The van der Waals surface area contributed by atoms with Crippen LogP contribution in [0.25, 0.3) is 0 Å². The summed E-state index contributed by atoms with van der Waals surface area (Å²) in [6, 6.07) is 14.1. The molecule has 2 aromatic carbocycles. The Morgan fingerprint density at radius 1 is 1.14 bits per heavy atom. The van der Waals surface area contributed by atoms with Crippen LogP contribution in [0.4, 0.5) is 0 Å². The molecule has 0 fully saturated rings. The summed E-state index contributed by atoms with van der Waals surface area (Å²) in [5.41, 5.74) is 0.907. The maximum absolute atomic E-state index is 12.5. The smallest absolute Gasteiger partial charge is 0.243 e. The van der Waals surface area contributed by atoms with Crippen LogP contribution in [0.5, 0.6) is 5.75 Å². The van der Waals surface area contributed by atoms with Gasteiger partial charge in [-0.25, -0.2) is 8.42 Å². The van der Waals surface area contributed by atoms with Gasteiger partial charge in [0.2, 0.25) is 10.0 Å². The fraction of sp³-hybridized carbons (Fsp3) is 0.250. The molecule has 0 heterocycles. The van der Waals surface area contributed by atoms with Gasteiger partial charge < -0.3 is 4.74 Å². The van der Waals surface area contributed by atoms with Crippen LogP contribution >= 0.6 is 15.9 Å². The van der Waals surface area contributed by atoms with E-state index in [1.54, 1.807) is 31.3 Å². The van der Waals surface area contributed by atoms with Crippen LogP contribution in [0, 0.1) is 0 Å². The molecule has 0 aliphatic rings. The van der Waals surface area contributed by atoms with Crippen molar-refractivity contribution in [3.63, 3.8) is 0 Å². The van der Waals surface area contributed by atoms with Gasteiger partial charge in [-0.15, -0.1) is 0 Å². The summed E-state index contributed by atoms with van der Waals surface area (Å²) < 4.78 is 32.5. The van der Waals surface area contributed by atoms with Gasteiger partial charge in [-0.1, -0.05) is 34.1 Å². The van der Waals surface area contributed by atoms with Crippen molar-refractivity contribution < 1.29 is 13.2 Å². The van der Waals surface area contributed by atoms with Gasteiger partial charge in [-0.3, -0.25) is 0 Å². The van der Waals surface area contributed by atoms with Crippen molar-refractivity contribution in [1.29, 1.82) is 0 Å². The maximum atomic E-state index is 12.5. The highest BCUT2D eigenvalue weighted by atomic mass is 79.9. The van der Waals surface area contributed by atoms with E-state index in [4.69, 9.17) is 4.74 Å². The molecule has 0 aliphatic carbocycles. The lowest BCUT2D eigenvalue weighted by Crippen LogP contribution is -2.26. The second kappa shape index (κ2) is 7.26. The van der Waals surface area contributed by atoms with Gasteiger partial charge in [0, 0.05) is 18.1 Å². The molecule has 0 amide bonds. The van der Waals surface area contributed by atoms with Crippen LogP contribution < -0.4 is 4.74 Å². The summed E-state index contributed by atoms with van der Waals surface area (Å²) in [7, 11) is -1.93. The molecule has 2 rings (SSSR count). The number of ether oxygens (including phenoxy) is 1. The molecule has 0 aliphatic heterocycles. The molecule has 0 atom stereocenters. The van der Waals surface area contributed by atoms with Crippen molar-refractivity contribution in [2.24, 2.45) is 0 Å². The lowest BCUT2D eigenvalue weighted by atomic mass is 10.2. The van der Waals surface area contributed by atoms with Crippen LogP contribution in [0.15, 0.2) is 57.9 Å². The van der Waals surface area contributed by atoms with Crippen molar-refractivity contribution in [2.45, 2.75) is 18.4 Å². The Morgan fingerprint density at radius 3 is 2.41 bits per heavy atom. The average molecular weight is 384 g/mol. The van der Waals surface area contributed by atoms with E-state index < -0.39 is 10.0 Å². The van der Waals surface area contributed by atoms with Crippen molar-refractivity contribution in [2.75, 3.05) is 13.7 Å². The van der Waals surface area contributed by atoms with Crippen molar-refractivity contribution in [3.8, 4) is 5.75 Å². The first-order valence-electron chi connectivity index (χ1n) is 6.87. The molecular formula is C16H18BrNO3S. The monoisotopic (exact) mass is 383 g/mol. The highest BCUT2D eigenvalue weighted by Gasteiger charge is 2.21. The molecule has 0 N–H and O–H groups in total. The third-order valence-electron chi connectivity index (χ3n) is 3.14.